The van der Waals surface area contributed by atoms with Gasteiger partial charge in [-0.15, -0.1) is 0 Å². The van der Waals surface area contributed by atoms with Crippen molar-refractivity contribution in [2.24, 2.45) is 0 Å². The molecule has 1 amide bonds. The highest BCUT2D eigenvalue weighted by Gasteiger charge is 2.51. The van der Waals surface area contributed by atoms with Gasteiger partial charge in [-0.1, -0.05) is 145 Å². The second-order valence-corrected chi connectivity index (χ2v) is 17.6. The van der Waals surface area contributed by atoms with Crippen molar-refractivity contribution in [2.75, 3.05) is 19.8 Å². The van der Waals surface area contributed by atoms with E-state index in [0.29, 0.717) is 12.8 Å². The summed E-state index contributed by atoms with van der Waals surface area (Å²) in [6.45, 7) is 2.50. The van der Waals surface area contributed by atoms with Crippen molar-refractivity contribution in [1.29, 1.82) is 0 Å². The number of nitrogens with one attached hydrogen (secondary N) is 1. The van der Waals surface area contributed by atoms with Crippen molar-refractivity contribution < 1.29 is 64.6 Å². The Labute approximate surface area is 384 Å². The van der Waals surface area contributed by atoms with E-state index in [0.717, 1.165) is 38.5 Å². The van der Waals surface area contributed by atoms with Gasteiger partial charge in [-0.25, -0.2) is 0 Å². The molecule has 9 N–H and O–H groups in total. The number of carbonyl (C=O) groups excluding carboxylic acids is 1. The average molecular weight is 912 g/mol. The lowest BCUT2D eigenvalue weighted by atomic mass is 9.97. The summed E-state index contributed by atoms with van der Waals surface area (Å²) in [5, 5.41) is 86.4. The first-order valence-corrected chi connectivity index (χ1v) is 24.8. The van der Waals surface area contributed by atoms with Gasteiger partial charge >= 0.3 is 0 Å². The standard InChI is InChI=1S/C50H89NO13/c1-3-5-7-9-11-13-14-15-16-17-18-19-20-21-22-23-24-26-28-30-32-34-42(55)51-38(39(54)33-31-29-27-25-12-10-8-6-4-2)37-61-49-47(60)45(58)48(41(36-53)63-49)64-50-46(59)44(57)43(56)40(35-52)62-50/h4,6,12,17-18,25,31,33,38-41,43-50,52-54,56-60H,3,5,7-11,13-16,19-24,26-30,32,34-37H2,1-2H3,(H,51,55)/b6-4+,18-17-,25-12+,33-31+. The Morgan fingerprint density at radius 3 is 1.62 bits per heavy atom. The predicted octanol–water partition coefficient (Wildman–Crippen LogP) is 6.10. The van der Waals surface area contributed by atoms with Crippen molar-refractivity contribution >= 4 is 5.91 Å². The molecule has 2 aliphatic rings. The van der Waals surface area contributed by atoms with Gasteiger partial charge in [0, 0.05) is 6.42 Å². The third-order valence-corrected chi connectivity index (χ3v) is 12.1. The quantitative estimate of drug-likeness (QED) is 0.0254. The minimum absolute atomic E-state index is 0.261. The highest BCUT2D eigenvalue weighted by atomic mass is 16.7. The molecule has 0 aliphatic carbocycles. The Kier molecular flexibility index (Phi) is 33.6. The maximum Gasteiger partial charge on any atom is 0.220 e. The van der Waals surface area contributed by atoms with E-state index in [4.69, 9.17) is 18.9 Å². The highest BCUT2D eigenvalue weighted by molar-refractivity contribution is 5.76. The SMILES string of the molecule is C/C=C/CC/C=C/CC/C=C/C(O)C(COC1OC(CO)C(OC2OC(CO)C(O)C(O)C2O)C(O)C1O)NC(=O)CCCCCCCCCCC/C=C\CCCCCCCCCC. The van der Waals surface area contributed by atoms with Crippen LogP contribution in [0.2, 0.25) is 0 Å². The molecule has 0 aromatic heterocycles. The molecular weight excluding hydrogens is 823 g/mol. The second kappa shape index (κ2) is 37.0. The Hall–Kier alpha value is -2.05. The number of amides is 1. The van der Waals surface area contributed by atoms with Crippen LogP contribution in [0, 0.1) is 0 Å². The normalized spacial score (nSPS) is 27.7. The molecule has 2 aliphatic heterocycles. The zero-order valence-electron chi connectivity index (χ0n) is 39.3. The summed E-state index contributed by atoms with van der Waals surface area (Å²) in [6.07, 6.45) is 26.2. The fourth-order valence-electron chi connectivity index (χ4n) is 7.97. The summed E-state index contributed by atoms with van der Waals surface area (Å²) in [5.74, 6) is -0.261. The van der Waals surface area contributed by atoms with Gasteiger partial charge in [0.2, 0.25) is 5.91 Å². The van der Waals surface area contributed by atoms with Crippen LogP contribution in [0.25, 0.3) is 0 Å². The number of aliphatic hydroxyl groups is 8. The van der Waals surface area contributed by atoms with Crippen molar-refractivity contribution in [2.45, 2.75) is 242 Å². The van der Waals surface area contributed by atoms with E-state index in [-0.39, 0.29) is 18.9 Å². The Balaban J connectivity index is 1.79. The fraction of sp³-hybridized carbons (Fsp3) is 0.820. The number of unbranched alkanes of at least 4 members (excludes halogenated alkanes) is 19. The lowest BCUT2D eigenvalue weighted by Crippen LogP contribution is -2.65. The molecule has 12 unspecified atom stereocenters. The van der Waals surface area contributed by atoms with E-state index >= 15 is 0 Å². The maximum absolute atomic E-state index is 13.1. The number of hydrogen-bond donors (Lipinski definition) is 9. The van der Waals surface area contributed by atoms with Crippen molar-refractivity contribution in [3.05, 3.63) is 48.6 Å². The molecule has 372 valence electrons. The van der Waals surface area contributed by atoms with E-state index in [1.807, 2.05) is 19.1 Å². The number of hydrogen-bond acceptors (Lipinski definition) is 13. The van der Waals surface area contributed by atoms with Gasteiger partial charge in [-0.3, -0.25) is 4.79 Å². The monoisotopic (exact) mass is 912 g/mol. The van der Waals surface area contributed by atoms with Crippen LogP contribution in [0.4, 0.5) is 0 Å². The summed E-state index contributed by atoms with van der Waals surface area (Å²) in [4.78, 5) is 13.1. The molecule has 14 heteroatoms. The summed E-state index contributed by atoms with van der Waals surface area (Å²) >= 11 is 0. The third kappa shape index (κ3) is 24.1. The minimum Gasteiger partial charge on any atom is -0.394 e. The Morgan fingerprint density at radius 2 is 1.06 bits per heavy atom. The van der Waals surface area contributed by atoms with Crippen molar-refractivity contribution in [1.82, 2.24) is 5.32 Å². The zero-order chi connectivity index (χ0) is 46.8. The third-order valence-electron chi connectivity index (χ3n) is 12.1. The Bertz CT molecular complexity index is 1260. The van der Waals surface area contributed by atoms with E-state index in [9.17, 15) is 45.6 Å². The number of rotatable bonds is 37. The molecule has 0 aromatic rings. The van der Waals surface area contributed by atoms with Crippen LogP contribution in [-0.4, -0.2) is 140 Å². The molecule has 64 heavy (non-hydrogen) atoms. The molecule has 0 saturated carbocycles. The summed E-state index contributed by atoms with van der Waals surface area (Å²) < 4.78 is 22.6. The first kappa shape index (κ1) is 58.1. The molecule has 0 aromatic carbocycles. The molecule has 2 rings (SSSR count). The molecule has 0 bridgehead atoms. The average Bonchev–Trinajstić information content (AvgIpc) is 3.29. The van der Waals surface area contributed by atoms with Crippen LogP contribution in [-0.2, 0) is 23.7 Å². The summed E-state index contributed by atoms with van der Waals surface area (Å²) in [6, 6.07) is -0.936. The van der Waals surface area contributed by atoms with Gasteiger partial charge in [-0.2, -0.15) is 0 Å². The highest BCUT2D eigenvalue weighted by Crippen LogP contribution is 2.30. The van der Waals surface area contributed by atoms with E-state index in [1.54, 1.807) is 6.08 Å². The molecular formula is C50H89NO13. The number of ether oxygens (including phenoxy) is 4. The van der Waals surface area contributed by atoms with E-state index in [2.05, 4.69) is 42.6 Å². The maximum atomic E-state index is 13.1. The van der Waals surface area contributed by atoms with Gasteiger partial charge in [0.25, 0.3) is 0 Å². The first-order valence-electron chi connectivity index (χ1n) is 24.8. The van der Waals surface area contributed by atoms with Gasteiger partial charge in [0.1, 0.15) is 48.8 Å². The van der Waals surface area contributed by atoms with Crippen molar-refractivity contribution in [3.63, 3.8) is 0 Å². The van der Waals surface area contributed by atoms with Gasteiger partial charge in [0.15, 0.2) is 12.6 Å². The number of aliphatic hydroxyl groups excluding tert-OH is 8. The zero-order valence-corrected chi connectivity index (χ0v) is 39.3. The number of carbonyl (C=O) groups is 1. The van der Waals surface area contributed by atoms with Crippen LogP contribution in [0.1, 0.15) is 168 Å². The van der Waals surface area contributed by atoms with E-state index < -0.39 is 86.8 Å². The molecule has 2 fully saturated rings. The van der Waals surface area contributed by atoms with Crippen LogP contribution in [0.3, 0.4) is 0 Å². The smallest absolute Gasteiger partial charge is 0.220 e. The molecule has 2 heterocycles. The second-order valence-electron chi connectivity index (χ2n) is 17.6. The first-order chi connectivity index (χ1) is 31.1. The predicted molar refractivity (Wildman–Crippen MR) is 249 cm³/mol. The van der Waals surface area contributed by atoms with Crippen LogP contribution >= 0.6 is 0 Å². The van der Waals surface area contributed by atoms with Gasteiger partial charge in [-0.05, 0) is 64.7 Å². The number of allylic oxidation sites excluding steroid dienone is 7. The topological polar surface area (TPSA) is 228 Å². The van der Waals surface area contributed by atoms with Crippen LogP contribution < -0.4 is 5.32 Å². The summed E-state index contributed by atoms with van der Waals surface area (Å²) in [7, 11) is 0. The van der Waals surface area contributed by atoms with Crippen LogP contribution in [0.5, 0.6) is 0 Å². The molecule has 0 radical (unpaired) electrons. The minimum atomic E-state index is -1.79. The van der Waals surface area contributed by atoms with Crippen molar-refractivity contribution in [3.8, 4) is 0 Å². The summed E-state index contributed by atoms with van der Waals surface area (Å²) in [5.41, 5.74) is 0. The molecule has 0 spiro atoms. The van der Waals surface area contributed by atoms with Gasteiger partial charge in [0.05, 0.1) is 32.0 Å². The molecule has 14 nitrogen and oxygen atoms in total. The lowest BCUT2D eigenvalue weighted by Gasteiger charge is -2.46. The molecule has 2 saturated heterocycles. The lowest BCUT2D eigenvalue weighted by molar-refractivity contribution is -0.359. The fourth-order valence-corrected chi connectivity index (χ4v) is 7.97. The molecule has 12 atom stereocenters. The van der Waals surface area contributed by atoms with E-state index in [1.165, 1.54) is 96.3 Å². The van der Waals surface area contributed by atoms with Gasteiger partial charge < -0.3 is 65.1 Å². The van der Waals surface area contributed by atoms with Crippen LogP contribution in [0.15, 0.2) is 48.6 Å². The largest absolute Gasteiger partial charge is 0.394 e. The Morgan fingerprint density at radius 1 is 0.578 bits per heavy atom.